The first kappa shape index (κ1) is 14.2. The smallest absolute Gasteiger partial charge is 0.151 e. The Morgan fingerprint density at radius 1 is 1.22 bits per heavy atom. The van der Waals surface area contributed by atoms with E-state index in [0.717, 1.165) is 39.1 Å². The van der Waals surface area contributed by atoms with E-state index in [1.54, 1.807) is 0 Å². The number of nitrogens with zero attached hydrogens (tertiary/aromatic N) is 2. The lowest BCUT2D eigenvalue weighted by molar-refractivity contribution is 0.273. The highest BCUT2D eigenvalue weighted by Crippen LogP contribution is 2.10. The van der Waals surface area contributed by atoms with Crippen molar-refractivity contribution in [2.24, 2.45) is 0 Å². The second-order valence-electron chi connectivity index (χ2n) is 5.55. The number of sulfone groups is 1. The number of nitrogens with one attached hydrogen (secondary N) is 1. The van der Waals surface area contributed by atoms with Gasteiger partial charge in [0.05, 0.1) is 11.5 Å². The van der Waals surface area contributed by atoms with E-state index in [1.807, 2.05) is 0 Å². The summed E-state index contributed by atoms with van der Waals surface area (Å²) < 4.78 is 22.7. The molecule has 1 unspecified atom stereocenters. The molecule has 0 aliphatic carbocycles. The van der Waals surface area contributed by atoms with E-state index in [0.29, 0.717) is 11.5 Å². The van der Waals surface area contributed by atoms with Crippen LogP contribution in [0.4, 0.5) is 0 Å². The minimum atomic E-state index is -2.75. The Morgan fingerprint density at radius 3 is 2.78 bits per heavy atom. The van der Waals surface area contributed by atoms with Crippen molar-refractivity contribution in [1.82, 2.24) is 15.1 Å². The van der Waals surface area contributed by atoms with E-state index in [4.69, 9.17) is 0 Å². The van der Waals surface area contributed by atoms with Gasteiger partial charge in [-0.1, -0.05) is 0 Å². The van der Waals surface area contributed by atoms with Gasteiger partial charge in [0.25, 0.3) is 0 Å². The lowest BCUT2D eigenvalue weighted by Crippen LogP contribution is -2.39. The zero-order valence-electron chi connectivity index (χ0n) is 11.3. The molecule has 2 heterocycles. The van der Waals surface area contributed by atoms with Gasteiger partial charge in [0.1, 0.15) is 0 Å². The summed E-state index contributed by atoms with van der Waals surface area (Å²) in [6, 6.07) is 0.185. The van der Waals surface area contributed by atoms with Gasteiger partial charge >= 0.3 is 0 Å². The van der Waals surface area contributed by atoms with Gasteiger partial charge in [-0.25, -0.2) is 8.42 Å². The fraction of sp³-hybridized carbons (Fsp3) is 1.00. The molecule has 2 saturated heterocycles. The minimum Gasteiger partial charge on any atom is -0.312 e. The Hall–Kier alpha value is -0.170. The molecule has 0 aromatic rings. The van der Waals surface area contributed by atoms with Crippen molar-refractivity contribution >= 4 is 9.84 Å². The predicted molar refractivity (Wildman–Crippen MR) is 73.6 cm³/mol. The van der Waals surface area contributed by atoms with E-state index in [9.17, 15) is 8.42 Å². The summed E-state index contributed by atoms with van der Waals surface area (Å²) >= 11 is 0. The van der Waals surface area contributed by atoms with Crippen LogP contribution in [0.15, 0.2) is 0 Å². The molecule has 5 nitrogen and oxygen atoms in total. The zero-order chi connectivity index (χ0) is 13.0. The largest absolute Gasteiger partial charge is 0.312 e. The van der Waals surface area contributed by atoms with Crippen molar-refractivity contribution in [3.8, 4) is 0 Å². The van der Waals surface area contributed by atoms with E-state index < -0.39 is 9.84 Å². The maximum Gasteiger partial charge on any atom is 0.151 e. The molecule has 0 saturated carbocycles. The molecule has 2 rings (SSSR count). The van der Waals surface area contributed by atoms with Crippen LogP contribution in [0.1, 0.15) is 12.8 Å². The summed E-state index contributed by atoms with van der Waals surface area (Å²) in [5, 5.41) is 3.38. The van der Waals surface area contributed by atoms with Gasteiger partial charge in [0.15, 0.2) is 9.84 Å². The van der Waals surface area contributed by atoms with Crippen molar-refractivity contribution < 1.29 is 8.42 Å². The van der Waals surface area contributed by atoms with Crippen LogP contribution in [-0.2, 0) is 9.84 Å². The van der Waals surface area contributed by atoms with E-state index in [2.05, 4.69) is 22.2 Å². The maximum absolute atomic E-state index is 11.3. The van der Waals surface area contributed by atoms with Gasteiger partial charge < -0.3 is 15.1 Å². The molecule has 0 bridgehead atoms. The van der Waals surface area contributed by atoms with Gasteiger partial charge in [-0.3, -0.25) is 0 Å². The molecule has 106 valence electrons. The molecule has 2 fully saturated rings. The summed E-state index contributed by atoms with van der Waals surface area (Å²) in [6.07, 6.45) is 2.01. The van der Waals surface area contributed by atoms with Crippen molar-refractivity contribution in [2.45, 2.75) is 18.9 Å². The minimum absolute atomic E-state index is 0.185. The number of rotatable bonds is 4. The molecule has 0 amide bonds. The molecule has 0 aromatic carbocycles. The molecule has 0 radical (unpaired) electrons. The Balaban J connectivity index is 1.63. The highest BCUT2D eigenvalue weighted by Gasteiger charge is 2.27. The molecule has 6 heteroatoms. The molecule has 0 spiro atoms. The van der Waals surface area contributed by atoms with Gasteiger partial charge in [0, 0.05) is 32.2 Å². The second kappa shape index (κ2) is 6.32. The van der Waals surface area contributed by atoms with Crippen molar-refractivity contribution in [3.63, 3.8) is 0 Å². The maximum atomic E-state index is 11.3. The summed E-state index contributed by atoms with van der Waals surface area (Å²) in [5.74, 6) is 0.689. The third-order valence-corrected chi connectivity index (χ3v) is 5.67. The zero-order valence-corrected chi connectivity index (χ0v) is 12.1. The van der Waals surface area contributed by atoms with Crippen LogP contribution < -0.4 is 5.32 Å². The van der Waals surface area contributed by atoms with Crippen molar-refractivity contribution in [3.05, 3.63) is 0 Å². The van der Waals surface area contributed by atoms with E-state index >= 15 is 0 Å². The SMILES string of the molecule is CN1CCCN(CCNC2CCS(=O)(=O)C2)CC1. The van der Waals surface area contributed by atoms with E-state index in [1.165, 1.54) is 13.0 Å². The monoisotopic (exact) mass is 275 g/mol. The van der Waals surface area contributed by atoms with Crippen LogP contribution in [0.2, 0.25) is 0 Å². The normalized spacial score (nSPS) is 30.4. The van der Waals surface area contributed by atoms with Crippen LogP contribution in [0.5, 0.6) is 0 Å². The Labute approximate surface area is 110 Å². The third-order valence-electron chi connectivity index (χ3n) is 3.91. The fourth-order valence-electron chi connectivity index (χ4n) is 2.71. The van der Waals surface area contributed by atoms with Crippen LogP contribution in [0, 0.1) is 0 Å². The summed E-state index contributed by atoms with van der Waals surface area (Å²) in [7, 11) is -0.575. The quantitative estimate of drug-likeness (QED) is 0.742. The first-order chi connectivity index (χ1) is 8.55. The average molecular weight is 275 g/mol. The van der Waals surface area contributed by atoms with E-state index in [-0.39, 0.29) is 6.04 Å². The van der Waals surface area contributed by atoms with Gasteiger partial charge in [-0.05, 0) is 33.0 Å². The van der Waals surface area contributed by atoms with Gasteiger partial charge in [-0.2, -0.15) is 0 Å². The molecule has 1 atom stereocenters. The molecular weight excluding hydrogens is 250 g/mol. The lowest BCUT2D eigenvalue weighted by Gasteiger charge is -2.21. The first-order valence-corrected chi connectivity index (χ1v) is 8.72. The Kier molecular flexibility index (Phi) is 5.00. The number of hydrogen-bond acceptors (Lipinski definition) is 5. The number of likely N-dealkylation sites (N-methyl/N-ethyl adjacent to an activating group) is 1. The molecule has 18 heavy (non-hydrogen) atoms. The topological polar surface area (TPSA) is 52.6 Å². The lowest BCUT2D eigenvalue weighted by atomic mass is 10.2. The average Bonchev–Trinajstić information content (AvgIpc) is 2.52. The van der Waals surface area contributed by atoms with Gasteiger partial charge in [0.2, 0.25) is 0 Å². The number of hydrogen-bond donors (Lipinski definition) is 1. The van der Waals surface area contributed by atoms with Crippen LogP contribution in [-0.4, -0.2) is 82.1 Å². The van der Waals surface area contributed by atoms with Crippen molar-refractivity contribution in [1.29, 1.82) is 0 Å². The highest BCUT2D eigenvalue weighted by molar-refractivity contribution is 7.91. The van der Waals surface area contributed by atoms with Crippen LogP contribution in [0.3, 0.4) is 0 Å². The van der Waals surface area contributed by atoms with Crippen molar-refractivity contribution in [2.75, 3.05) is 57.8 Å². The summed E-state index contributed by atoms with van der Waals surface area (Å²) in [5.41, 5.74) is 0. The third kappa shape index (κ3) is 4.50. The fourth-order valence-corrected chi connectivity index (χ4v) is 4.41. The Morgan fingerprint density at radius 2 is 2.06 bits per heavy atom. The highest BCUT2D eigenvalue weighted by atomic mass is 32.2. The second-order valence-corrected chi connectivity index (χ2v) is 7.78. The summed E-state index contributed by atoms with van der Waals surface area (Å²) in [4.78, 5) is 4.84. The molecular formula is C12H25N3O2S. The molecule has 2 aliphatic rings. The van der Waals surface area contributed by atoms with Crippen LogP contribution in [0.25, 0.3) is 0 Å². The molecule has 0 aromatic heterocycles. The first-order valence-electron chi connectivity index (χ1n) is 6.90. The Bertz CT molecular complexity index is 358. The molecule has 2 aliphatic heterocycles. The van der Waals surface area contributed by atoms with Gasteiger partial charge in [-0.15, -0.1) is 0 Å². The molecule has 1 N–H and O–H groups in total. The standard InChI is InChI=1S/C12H25N3O2S/c1-14-5-2-6-15(9-8-14)7-4-13-12-3-10-18(16,17)11-12/h12-13H,2-11H2,1H3. The summed E-state index contributed by atoms with van der Waals surface area (Å²) in [6.45, 7) is 6.55. The predicted octanol–water partition coefficient (Wildman–Crippen LogP) is -0.599. The van der Waals surface area contributed by atoms with Crippen LogP contribution >= 0.6 is 0 Å².